The normalized spacial score (nSPS) is 45.6. The van der Waals surface area contributed by atoms with E-state index in [9.17, 15) is 5.11 Å². The molecule has 31 heavy (non-hydrogen) atoms. The van der Waals surface area contributed by atoms with Gasteiger partial charge in [-0.15, -0.1) is 10.2 Å². The van der Waals surface area contributed by atoms with E-state index in [1.165, 1.54) is 0 Å². The number of hydrogen-bond acceptors (Lipinski definition) is 5. The minimum absolute atomic E-state index is 0.0116. The largest absolute Gasteiger partial charge is 0.389 e. The lowest BCUT2D eigenvalue weighted by molar-refractivity contribution is -0.198. The zero-order valence-electron chi connectivity index (χ0n) is 18.8. The Morgan fingerprint density at radius 2 is 1.68 bits per heavy atom. The first-order valence-corrected chi connectivity index (χ1v) is 11.6. The van der Waals surface area contributed by atoms with Gasteiger partial charge in [0.2, 0.25) is 11.9 Å². The van der Waals surface area contributed by atoms with Gasteiger partial charge >= 0.3 is 0 Å². The van der Waals surface area contributed by atoms with Crippen LogP contribution in [0.1, 0.15) is 71.6 Å². The second-order valence-corrected chi connectivity index (χ2v) is 10.7. The highest BCUT2D eigenvalue weighted by atomic mass is 16.3. The first-order chi connectivity index (χ1) is 14.6. The van der Waals surface area contributed by atoms with E-state index in [0.29, 0.717) is 17.8 Å². The molecule has 4 rings (SSSR count). The molecule has 0 unspecified atom stereocenters. The fourth-order valence-electron chi connectivity index (χ4n) is 7.71. The van der Waals surface area contributed by atoms with Gasteiger partial charge in [0.05, 0.1) is 5.60 Å². The fraction of sp³-hybridized carbons (Fsp3) is 0.818. The summed E-state index contributed by atoms with van der Waals surface area (Å²) < 4.78 is 0. The first-order valence-electron chi connectivity index (χ1n) is 11.6. The molecule has 0 amide bonds. The standard InChI is InChI=1S/C22H38N8O/c1-20-8-6-15(28-30-19(25)26)11-13(20)3-4-17-16(20)7-9-21(2)14(5-10-22(17,21)31)12-27-29-18(23)24/h12-14,16-17,31H,3-11H2,1-2H3,(H4,23,24,29)(H4,25,26,30)/b27-12+,28-15-/t13-,14-,16+,17-,20+,21-,22+/m1/s1. The van der Waals surface area contributed by atoms with Crippen LogP contribution < -0.4 is 22.9 Å². The molecule has 4 aliphatic rings. The Morgan fingerprint density at radius 3 is 2.39 bits per heavy atom. The van der Waals surface area contributed by atoms with Gasteiger partial charge in [0, 0.05) is 23.3 Å². The minimum Gasteiger partial charge on any atom is -0.389 e. The van der Waals surface area contributed by atoms with E-state index < -0.39 is 5.60 Å². The lowest BCUT2D eigenvalue weighted by Crippen LogP contribution is -2.62. The molecule has 0 spiro atoms. The molecule has 4 aliphatic carbocycles. The van der Waals surface area contributed by atoms with Gasteiger partial charge in [-0.2, -0.15) is 10.2 Å². The second kappa shape index (κ2) is 7.76. The Kier molecular flexibility index (Phi) is 5.52. The molecule has 0 radical (unpaired) electrons. The predicted octanol–water partition coefficient (Wildman–Crippen LogP) is 1.65. The smallest absolute Gasteiger partial charge is 0.211 e. The monoisotopic (exact) mass is 430 g/mol. The van der Waals surface area contributed by atoms with Gasteiger partial charge < -0.3 is 28.0 Å². The van der Waals surface area contributed by atoms with Gasteiger partial charge in [0.25, 0.3) is 0 Å². The van der Waals surface area contributed by atoms with Crippen molar-refractivity contribution in [2.75, 3.05) is 0 Å². The van der Waals surface area contributed by atoms with Crippen molar-refractivity contribution >= 4 is 23.8 Å². The Morgan fingerprint density at radius 1 is 0.935 bits per heavy atom. The summed E-state index contributed by atoms with van der Waals surface area (Å²) >= 11 is 0. The third-order valence-electron chi connectivity index (χ3n) is 9.48. The molecule has 0 bridgehead atoms. The van der Waals surface area contributed by atoms with Crippen LogP contribution in [0.2, 0.25) is 0 Å². The lowest BCUT2D eigenvalue weighted by Gasteiger charge is -2.63. The number of fused-ring (bicyclic) bond motifs is 5. The van der Waals surface area contributed by atoms with Crippen molar-refractivity contribution in [3.05, 3.63) is 0 Å². The number of nitrogens with two attached hydrogens (primary N) is 4. The van der Waals surface area contributed by atoms with Gasteiger partial charge in [-0.3, -0.25) is 0 Å². The van der Waals surface area contributed by atoms with Crippen molar-refractivity contribution in [2.45, 2.75) is 77.2 Å². The molecular formula is C22H38N8O. The molecule has 4 saturated carbocycles. The molecule has 0 aliphatic heterocycles. The van der Waals surface area contributed by atoms with Crippen LogP contribution in [0.3, 0.4) is 0 Å². The summed E-state index contributed by atoms with van der Waals surface area (Å²) in [5.41, 5.74) is 22.2. The third-order valence-corrected chi connectivity index (χ3v) is 9.48. The van der Waals surface area contributed by atoms with Gasteiger partial charge in [-0.05, 0) is 81.0 Å². The maximum Gasteiger partial charge on any atom is 0.211 e. The van der Waals surface area contributed by atoms with Crippen LogP contribution in [-0.4, -0.2) is 34.6 Å². The molecule has 7 atom stereocenters. The molecular weight excluding hydrogens is 392 g/mol. The van der Waals surface area contributed by atoms with Crippen molar-refractivity contribution in [3.63, 3.8) is 0 Å². The number of rotatable bonds is 3. The van der Waals surface area contributed by atoms with E-state index in [2.05, 4.69) is 34.3 Å². The van der Waals surface area contributed by atoms with E-state index >= 15 is 0 Å². The van der Waals surface area contributed by atoms with E-state index in [0.717, 1.165) is 63.5 Å². The summed E-state index contributed by atoms with van der Waals surface area (Å²) in [7, 11) is 0. The molecule has 0 aromatic carbocycles. The highest BCUT2D eigenvalue weighted by Gasteiger charge is 2.66. The van der Waals surface area contributed by atoms with Gasteiger partial charge in [0.1, 0.15) is 0 Å². The highest BCUT2D eigenvalue weighted by Crippen LogP contribution is 2.68. The van der Waals surface area contributed by atoms with E-state index in [1.807, 2.05) is 6.21 Å². The van der Waals surface area contributed by atoms with Crippen LogP contribution in [0, 0.1) is 34.5 Å². The molecule has 4 fully saturated rings. The predicted molar refractivity (Wildman–Crippen MR) is 124 cm³/mol. The lowest BCUT2D eigenvalue weighted by atomic mass is 9.43. The third kappa shape index (κ3) is 3.50. The van der Waals surface area contributed by atoms with Crippen molar-refractivity contribution in [2.24, 2.45) is 77.8 Å². The number of nitrogens with zero attached hydrogens (tertiary/aromatic N) is 4. The van der Waals surface area contributed by atoms with E-state index in [4.69, 9.17) is 22.9 Å². The summed E-state index contributed by atoms with van der Waals surface area (Å²) in [6.07, 6.45) is 10.9. The highest BCUT2D eigenvalue weighted by molar-refractivity contribution is 5.86. The van der Waals surface area contributed by atoms with E-state index in [1.54, 1.807) is 0 Å². The number of guanidine groups is 2. The topological polar surface area (TPSA) is 174 Å². The summed E-state index contributed by atoms with van der Waals surface area (Å²) in [6.45, 7) is 4.70. The minimum atomic E-state index is -0.661. The molecule has 9 heteroatoms. The van der Waals surface area contributed by atoms with Crippen molar-refractivity contribution < 1.29 is 5.11 Å². The Bertz CT molecular complexity index is 829. The van der Waals surface area contributed by atoms with Crippen LogP contribution in [-0.2, 0) is 0 Å². The zero-order chi connectivity index (χ0) is 22.4. The fourth-order valence-corrected chi connectivity index (χ4v) is 7.71. The summed E-state index contributed by atoms with van der Waals surface area (Å²) in [5, 5.41) is 28.2. The average Bonchev–Trinajstić information content (AvgIpc) is 2.97. The molecule has 0 heterocycles. The van der Waals surface area contributed by atoms with Crippen molar-refractivity contribution in [1.29, 1.82) is 0 Å². The number of hydrogen-bond donors (Lipinski definition) is 5. The molecule has 0 saturated heterocycles. The Labute approximate surface area is 184 Å². The maximum absolute atomic E-state index is 12.1. The summed E-state index contributed by atoms with van der Waals surface area (Å²) in [4.78, 5) is 0. The second-order valence-electron chi connectivity index (χ2n) is 10.7. The number of aliphatic hydroxyl groups is 1. The molecule has 0 aromatic rings. The molecule has 9 nitrogen and oxygen atoms in total. The van der Waals surface area contributed by atoms with Crippen LogP contribution in [0.15, 0.2) is 20.4 Å². The SMILES string of the molecule is C[C@]12CC/C(=N/N=C(N)N)C[C@H]1CC[C@@H]1[C@@H]2CC[C@]2(C)[C@@H](/C=N/N=C(N)N)CC[C@]12O. The van der Waals surface area contributed by atoms with Crippen LogP contribution in [0.5, 0.6) is 0 Å². The van der Waals surface area contributed by atoms with Crippen molar-refractivity contribution in [3.8, 4) is 0 Å². The molecule has 9 N–H and O–H groups in total. The maximum atomic E-state index is 12.1. The summed E-state index contributed by atoms with van der Waals surface area (Å²) in [5.74, 6) is 1.59. The Balaban J connectivity index is 1.56. The van der Waals surface area contributed by atoms with Crippen LogP contribution >= 0.6 is 0 Å². The van der Waals surface area contributed by atoms with Crippen LogP contribution in [0.4, 0.5) is 0 Å². The molecule has 172 valence electrons. The quantitative estimate of drug-likeness (QED) is 0.259. The van der Waals surface area contributed by atoms with Crippen molar-refractivity contribution in [1.82, 2.24) is 0 Å². The van der Waals surface area contributed by atoms with Gasteiger partial charge in [0.15, 0.2) is 0 Å². The van der Waals surface area contributed by atoms with Crippen LogP contribution in [0.25, 0.3) is 0 Å². The first kappa shape index (κ1) is 22.0. The molecule has 0 aromatic heterocycles. The summed E-state index contributed by atoms with van der Waals surface area (Å²) in [6, 6.07) is 0. The van der Waals surface area contributed by atoms with Gasteiger partial charge in [-0.25, -0.2) is 0 Å². The average molecular weight is 431 g/mol. The van der Waals surface area contributed by atoms with E-state index in [-0.39, 0.29) is 28.7 Å². The zero-order valence-corrected chi connectivity index (χ0v) is 18.8. The Hall–Kier alpha value is -2.16. The van der Waals surface area contributed by atoms with Gasteiger partial charge in [-0.1, -0.05) is 13.8 Å².